The Morgan fingerprint density at radius 2 is 2.21 bits per heavy atom. The summed E-state index contributed by atoms with van der Waals surface area (Å²) in [5.41, 5.74) is 5.53. The Hall–Kier alpha value is -0.0700. The quantitative estimate of drug-likeness (QED) is 0.288. The van der Waals surface area contributed by atoms with Crippen LogP contribution in [-0.4, -0.2) is 11.7 Å². The fourth-order valence-corrected chi connectivity index (χ4v) is 1.44. The molecule has 0 radical (unpaired) electrons. The Balaban J connectivity index is 3.16. The maximum atomic E-state index is 13.2. The molecule has 14 heavy (non-hydrogen) atoms. The minimum absolute atomic E-state index is 0.0681. The summed E-state index contributed by atoms with van der Waals surface area (Å²) in [5.74, 6) is -0.272. The van der Waals surface area contributed by atoms with E-state index in [1.54, 1.807) is 0 Å². The highest BCUT2D eigenvalue weighted by atomic mass is 127. The van der Waals surface area contributed by atoms with Crippen LogP contribution >= 0.6 is 45.8 Å². The van der Waals surface area contributed by atoms with Crippen molar-refractivity contribution in [2.75, 3.05) is 5.88 Å². The standard InChI is InChI=1S/C8H6Cl2FIN2/c9-3-8(13)14-7-2-6(12)4(10)1-5(7)11/h1-2H,3H2,(H2,13,14). The van der Waals surface area contributed by atoms with Crippen molar-refractivity contribution in [1.29, 1.82) is 0 Å². The van der Waals surface area contributed by atoms with Gasteiger partial charge < -0.3 is 5.73 Å². The number of benzene rings is 1. The second-order valence-electron chi connectivity index (χ2n) is 2.45. The largest absolute Gasteiger partial charge is 0.386 e. The predicted octanol–water partition coefficient (Wildman–Crippen LogP) is 3.31. The third-order valence-electron chi connectivity index (χ3n) is 1.39. The lowest BCUT2D eigenvalue weighted by Gasteiger charge is -2.01. The highest BCUT2D eigenvalue weighted by Gasteiger charge is 2.06. The smallest absolute Gasteiger partial charge is 0.150 e. The van der Waals surface area contributed by atoms with Crippen molar-refractivity contribution in [2.24, 2.45) is 10.7 Å². The van der Waals surface area contributed by atoms with Crippen LogP contribution < -0.4 is 5.73 Å². The third kappa shape index (κ3) is 2.96. The van der Waals surface area contributed by atoms with Crippen LogP contribution in [0.2, 0.25) is 5.02 Å². The summed E-state index contributed by atoms with van der Waals surface area (Å²) in [5, 5.41) is 0.353. The van der Waals surface area contributed by atoms with Crippen LogP contribution in [0.1, 0.15) is 0 Å². The first-order valence-electron chi connectivity index (χ1n) is 3.58. The van der Waals surface area contributed by atoms with Gasteiger partial charge in [0.2, 0.25) is 0 Å². The highest BCUT2D eigenvalue weighted by molar-refractivity contribution is 14.1. The summed E-state index contributed by atoms with van der Waals surface area (Å²) in [7, 11) is 0. The van der Waals surface area contributed by atoms with E-state index >= 15 is 0 Å². The molecule has 0 aliphatic carbocycles. The molecule has 0 spiro atoms. The zero-order valence-corrected chi connectivity index (χ0v) is 10.6. The van der Waals surface area contributed by atoms with E-state index in [0.717, 1.165) is 0 Å². The zero-order chi connectivity index (χ0) is 10.7. The van der Waals surface area contributed by atoms with Crippen molar-refractivity contribution in [3.05, 3.63) is 26.5 Å². The Bertz CT molecular complexity index is 382. The van der Waals surface area contributed by atoms with E-state index in [4.69, 9.17) is 28.9 Å². The molecule has 2 nitrogen and oxygen atoms in total. The number of nitrogens with zero attached hydrogens (tertiary/aromatic N) is 1. The van der Waals surface area contributed by atoms with E-state index in [-0.39, 0.29) is 17.4 Å². The lowest BCUT2D eigenvalue weighted by Crippen LogP contribution is -2.12. The monoisotopic (exact) mass is 346 g/mol. The summed E-state index contributed by atoms with van der Waals surface area (Å²) in [4.78, 5) is 3.80. The molecule has 1 aromatic rings. The molecule has 0 bridgehead atoms. The van der Waals surface area contributed by atoms with Gasteiger partial charge >= 0.3 is 0 Å². The molecule has 0 saturated heterocycles. The van der Waals surface area contributed by atoms with E-state index < -0.39 is 5.82 Å². The van der Waals surface area contributed by atoms with Crippen LogP contribution in [0, 0.1) is 9.39 Å². The van der Waals surface area contributed by atoms with Gasteiger partial charge in [-0.3, -0.25) is 0 Å². The van der Waals surface area contributed by atoms with Gasteiger partial charge in [-0.05, 0) is 34.7 Å². The normalized spacial score (nSPS) is 11.9. The van der Waals surface area contributed by atoms with E-state index in [1.165, 1.54) is 12.1 Å². The topological polar surface area (TPSA) is 38.4 Å². The van der Waals surface area contributed by atoms with Crippen LogP contribution in [0.4, 0.5) is 10.1 Å². The first-order valence-corrected chi connectivity index (χ1v) is 5.57. The molecule has 0 aliphatic heterocycles. The number of hydrogen-bond acceptors (Lipinski definition) is 1. The van der Waals surface area contributed by atoms with Crippen molar-refractivity contribution in [3.63, 3.8) is 0 Å². The van der Waals surface area contributed by atoms with Crippen molar-refractivity contribution in [2.45, 2.75) is 0 Å². The first kappa shape index (κ1) is 12.0. The van der Waals surface area contributed by atoms with Crippen LogP contribution in [-0.2, 0) is 0 Å². The van der Waals surface area contributed by atoms with Gasteiger partial charge in [-0.25, -0.2) is 9.38 Å². The number of aliphatic imine (C=N–C) groups is 1. The molecule has 0 amide bonds. The maximum Gasteiger partial charge on any atom is 0.150 e. The zero-order valence-electron chi connectivity index (χ0n) is 6.90. The molecule has 6 heteroatoms. The summed E-state index contributed by atoms with van der Waals surface area (Å²) in [6, 6.07) is 2.71. The molecule has 0 atom stereocenters. The molecule has 76 valence electrons. The number of amidine groups is 1. The predicted molar refractivity (Wildman–Crippen MR) is 66.1 cm³/mol. The maximum absolute atomic E-state index is 13.2. The summed E-state index contributed by atoms with van der Waals surface area (Å²) >= 11 is 13.1. The highest BCUT2D eigenvalue weighted by Crippen LogP contribution is 2.27. The van der Waals surface area contributed by atoms with Crippen LogP contribution in [0.15, 0.2) is 17.1 Å². The SMILES string of the molecule is NC(CCl)=Nc1cc(I)c(Cl)cc1F. The molecular formula is C8H6Cl2FIN2. The molecule has 0 saturated carbocycles. The van der Waals surface area contributed by atoms with Gasteiger partial charge in [0.25, 0.3) is 0 Å². The molecule has 0 fully saturated rings. The Kier molecular flexibility index (Phi) is 4.40. The lowest BCUT2D eigenvalue weighted by molar-refractivity contribution is 0.629. The Morgan fingerprint density at radius 3 is 2.79 bits per heavy atom. The van der Waals surface area contributed by atoms with Gasteiger partial charge in [0.15, 0.2) is 0 Å². The van der Waals surface area contributed by atoms with E-state index in [0.29, 0.717) is 8.59 Å². The summed E-state index contributed by atoms with van der Waals surface area (Å²) < 4.78 is 13.9. The fourth-order valence-electron chi connectivity index (χ4n) is 0.782. The summed E-state index contributed by atoms with van der Waals surface area (Å²) in [6.45, 7) is 0. The minimum Gasteiger partial charge on any atom is -0.386 e. The van der Waals surface area contributed by atoms with Gasteiger partial charge in [0.05, 0.1) is 10.9 Å². The molecule has 1 aromatic carbocycles. The van der Waals surface area contributed by atoms with E-state index in [1.807, 2.05) is 22.6 Å². The molecule has 0 aromatic heterocycles. The molecule has 2 N–H and O–H groups in total. The fraction of sp³-hybridized carbons (Fsp3) is 0.125. The minimum atomic E-state index is -0.511. The van der Waals surface area contributed by atoms with Crippen molar-refractivity contribution < 1.29 is 4.39 Å². The second kappa shape index (κ2) is 5.14. The van der Waals surface area contributed by atoms with Gasteiger partial charge in [-0.1, -0.05) is 11.6 Å². The number of alkyl halides is 1. The molecular weight excluding hydrogens is 341 g/mol. The Morgan fingerprint density at radius 1 is 1.57 bits per heavy atom. The number of nitrogens with two attached hydrogens (primary N) is 1. The van der Waals surface area contributed by atoms with Gasteiger partial charge in [-0.15, -0.1) is 11.6 Å². The van der Waals surface area contributed by atoms with Crippen molar-refractivity contribution >= 4 is 57.3 Å². The number of halogens is 4. The van der Waals surface area contributed by atoms with Crippen molar-refractivity contribution in [3.8, 4) is 0 Å². The lowest BCUT2D eigenvalue weighted by atomic mass is 10.3. The van der Waals surface area contributed by atoms with Gasteiger partial charge in [0.1, 0.15) is 17.3 Å². The second-order valence-corrected chi connectivity index (χ2v) is 4.29. The van der Waals surface area contributed by atoms with Crippen molar-refractivity contribution in [1.82, 2.24) is 0 Å². The molecule has 0 aliphatic rings. The summed E-state index contributed by atoms with van der Waals surface area (Å²) in [6.07, 6.45) is 0. The van der Waals surface area contributed by atoms with Gasteiger partial charge in [-0.2, -0.15) is 0 Å². The Labute approximate surface area is 104 Å². The van der Waals surface area contributed by atoms with E-state index in [9.17, 15) is 4.39 Å². The third-order valence-corrected chi connectivity index (χ3v) is 3.19. The molecule has 0 unspecified atom stereocenters. The number of rotatable bonds is 2. The molecule has 1 rings (SSSR count). The van der Waals surface area contributed by atoms with Crippen LogP contribution in [0.3, 0.4) is 0 Å². The first-order chi connectivity index (χ1) is 6.54. The van der Waals surface area contributed by atoms with Gasteiger partial charge in [0, 0.05) is 3.57 Å². The van der Waals surface area contributed by atoms with Crippen LogP contribution in [0.25, 0.3) is 0 Å². The average Bonchev–Trinajstić information content (AvgIpc) is 2.14. The number of hydrogen-bond donors (Lipinski definition) is 1. The average molecular weight is 347 g/mol. The molecule has 0 heterocycles. The van der Waals surface area contributed by atoms with E-state index in [2.05, 4.69) is 4.99 Å². The van der Waals surface area contributed by atoms with Crippen LogP contribution in [0.5, 0.6) is 0 Å².